The van der Waals surface area contributed by atoms with Crippen LogP contribution < -0.4 is 20.1 Å². The second-order valence-electron chi connectivity index (χ2n) is 14.5. The Bertz CT molecular complexity index is 1730. The van der Waals surface area contributed by atoms with Gasteiger partial charge in [0.25, 0.3) is 0 Å². The van der Waals surface area contributed by atoms with E-state index in [2.05, 4.69) is 33.8 Å². The zero-order valence-electron chi connectivity index (χ0n) is 28.4. The molecule has 0 aromatic heterocycles. The molecule has 6 bridgehead atoms. The summed E-state index contributed by atoms with van der Waals surface area (Å²) in [6.07, 6.45) is 1.47. The van der Waals surface area contributed by atoms with Gasteiger partial charge >= 0.3 is 15.2 Å². The average Bonchev–Trinajstić information content (AvgIpc) is 3.30. The van der Waals surface area contributed by atoms with E-state index in [-0.39, 0.29) is 47.9 Å². The van der Waals surface area contributed by atoms with Crippen molar-refractivity contribution in [2.75, 3.05) is 13.2 Å². The molecule has 1 spiro atoms. The van der Waals surface area contributed by atoms with Crippen LogP contribution in [-0.2, 0) is 47.6 Å². The summed E-state index contributed by atoms with van der Waals surface area (Å²) in [5.74, 6) is 0.673. The van der Waals surface area contributed by atoms with Crippen molar-refractivity contribution in [2.24, 2.45) is 0 Å². The summed E-state index contributed by atoms with van der Waals surface area (Å²) in [4.78, 5) is 22.4. The number of ether oxygens (including phenoxy) is 2. The van der Waals surface area contributed by atoms with Crippen LogP contribution in [0.25, 0.3) is 0 Å². The maximum atomic E-state index is 13.7. The largest absolute Gasteiger partial charge is 0.488 e. The van der Waals surface area contributed by atoms with Crippen molar-refractivity contribution < 1.29 is 37.4 Å². The average molecular weight is 669 g/mol. The van der Waals surface area contributed by atoms with Gasteiger partial charge in [0.1, 0.15) is 35.3 Å². The van der Waals surface area contributed by atoms with Crippen molar-refractivity contribution in [3.8, 4) is 11.5 Å². The Morgan fingerprint density at radius 1 is 0.674 bits per heavy atom. The Labute approximate surface area is 272 Å². The van der Waals surface area contributed by atoms with Crippen LogP contribution in [0.5, 0.6) is 11.5 Å². The molecule has 3 aromatic carbocycles. The Morgan fingerprint density at radius 3 is 1.43 bits per heavy atom. The van der Waals surface area contributed by atoms with Gasteiger partial charge < -0.3 is 28.3 Å². The van der Waals surface area contributed by atoms with Crippen LogP contribution in [0.15, 0.2) is 30.3 Å². The summed E-state index contributed by atoms with van der Waals surface area (Å²) >= 11 is 0. The highest BCUT2D eigenvalue weighted by Gasteiger charge is 2.57. The van der Waals surface area contributed by atoms with Gasteiger partial charge in [-0.3, -0.25) is 9.13 Å². The number of hydrogen-bond acceptors (Lipinski definition) is 6. The minimum absolute atomic E-state index is 0.0836. The Balaban J connectivity index is 1.71. The van der Waals surface area contributed by atoms with E-state index in [1.165, 1.54) is 0 Å². The molecule has 2 aliphatic carbocycles. The highest BCUT2D eigenvalue weighted by molar-refractivity contribution is 7.61. The van der Waals surface area contributed by atoms with Crippen LogP contribution in [0, 0.1) is 20.8 Å². The van der Waals surface area contributed by atoms with Gasteiger partial charge in [-0.2, -0.15) is 0 Å². The van der Waals surface area contributed by atoms with Gasteiger partial charge in [-0.1, -0.05) is 33.8 Å². The Kier molecular flexibility index (Phi) is 8.04. The number of benzene rings is 3. The molecule has 3 aliphatic rings. The molecule has 0 saturated heterocycles. The molecule has 8 nitrogen and oxygen atoms in total. The quantitative estimate of drug-likeness (QED) is 0.261. The van der Waals surface area contributed by atoms with Gasteiger partial charge in [-0.25, -0.2) is 0 Å². The lowest BCUT2D eigenvalue weighted by Crippen LogP contribution is -2.27. The van der Waals surface area contributed by atoms with Crippen molar-refractivity contribution in [1.29, 1.82) is 0 Å². The zero-order chi connectivity index (χ0) is 33.6. The molecule has 2 atom stereocenters. The topological polar surface area (TPSA) is 112 Å². The third kappa shape index (κ3) is 5.12. The van der Waals surface area contributed by atoms with Gasteiger partial charge in [-0.05, 0) is 133 Å². The lowest BCUT2D eigenvalue weighted by molar-refractivity contribution is 0.278. The Hall–Kier alpha value is -2.44. The third-order valence-corrected chi connectivity index (χ3v) is 13.6. The van der Waals surface area contributed by atoms with Crippen LogP contribution in [-0.4, -0.2) is 23.0 Å². The smallest absolute Gasteiger partial charge is 0.362 e. The summed E-state index contributed by atoms with van der Waals surface area (Å²) < 4.78 is 51.5. The van der Waals surface area contributed by atoms with E-state index in [0.717, 1.165) is 62.9 Å². The zero-order valence-corrected chi connectivity index (χ0v) is 30.2. The highest BCUT2D eigenvalue weighted by Crippen LogP contribution is 2.64. The molecule has 3 aromatic rings. The molecule has 1 aliphatic heterocycles. The fourth-order valence-corrected chi connectivity index (χ4v) is 10.9. The summed E-state index contributed by atoms with van der Waals surface area (Å²) in [6.45, 7) is 18.7. The van der Waals surface area contributed by atoms with E-state index in [4.69, 9.17) is 18.5 Å². The van der Waals surface area contributed by atoms with Crippen LogP contribution >= 0.6 is 15.2 Å². The summed E-state index contributed by atoms with van der Waals surface area (Å²) in [5.41, 5.74) is 7.72. The van der Waals surface area contributed by atoms with Crippen molar-refractivity contribution >= 4 is 25.8 Å². The first-order valence-corrected chi connectivity index (χ1v) is 19.2. The normalized spacial score (nSPS) is 23.1. The highest BCUT2D eigenvalue weighted by atomic mass is 31.2. The maximum Gasteiger partial charge on any atom is 0.362 e. The molecule has 1 heterocycles. The van der Waals surface area contributed by atoms with E-state index in [1.54, 1.807) is 13.8 Å². The third-order valence-electron chi connectivity index (χ3n) is 10.4. The standard InChI is InChI=1S/C36H46O8P2/c1-10-43-45(37,38)32-15-26-28-13-30(32)41-17-24-21(3)12-22(4)25(23(24)5)18-42-31-14-29-27(16-33(31)46(39,40)44-11-2)35(8,9)20-36(28,29)19-34(26,6)7/h12-16H,10-11,17-20H2,1-9H3,(H,37,38)(H,39,40). The summed E-state index contributed by atoms with van der Waals surface area (Å²) in [7, 11) is -8.43. The van der Waals surface area contributed by atoms with Crippen molar-refractivity contribution in [3.05, 3.63) is 80.4 Å². The van der Waals surface area contributed by atoms with Crippen molar-refractivity contribution in [2.45, 2.75) is 105 Å². The van der Waals surface area contributed by atoms with Crippen molar-refractivity contribution in [3.63, 3.8) is 0 Å². The summed E-state index contributed by atoms with van der Waals surface area (Å²) in [6, 6.07) is 9.66. The molecule has 6 rings (SSSR count). The van der Waals surface area contributed by atoms with Gasteiger partial charge in [0.15, 0.2) is 0 Å². The fraction of sp³-hybridized carbons (Fsp3) is 0.500. The SMILES string of the molecule is CCOP(=O)(O)c1cc2c3cc1OCc1c(C)cc(C)c(c1C)COc1cc4c(cc1P(=O)(O)OCC)C(C)(C)CC34CC2(C)C. The van der Waals surface area contributed by atoms with Gasteiger partial charge in [0.2, 0.25) is 0 Å². The predicted molar refractivity (Wildman–Crippen MR) is 180 cm³/mol. The van der Waals surface area contributed by atoms with Crippen LogP contribution in [0.3, 0.4) is 0 Å². The molecule has 0 amide bonds. The number of aryl methyl sites for hydroxylation is 2. The molecule has 248 valence electrons. The number of rotatable bonds is 6. The minimum atomic E-state index is -4.21. The lowest BCUT2D eigenvalue weighted by atomic mass is 9.72. The first-order valence-electron chi connectivity index (χ1n) is 16.1. The molecule has 2 N–H and O–H groups in total. The van der Waals surface area contributed by atoms with Crippen LogP contribution in [0.1, 0.15) is 104 Å². The van der Waals surface area contributed by atoms with E-state index in [9.17, 15) is 18.9 Å². The first-order chi connectivity index (χ1) is 21.4. The molecular weight excluding hydrogens is 622 g/mol. The van der Waals surface area contributed by atoms with Gasteiger partial charge in [0, 0.05) is 5.41 Å². The van der Waals surface area contributed by atoms with E-state index >= 15 is 0 Å². The Morgan fingerprint density at radius 2 is 1.07 bits per heavy atom. The first kappa shape index (κ1) is 33.5. The van der Waals surface area contributed by atoms with Gasteiger partial charge in [-0.15, -0.1) is 0 Å². The predicted octanol–water partition coefficient (Wildman–Crippen LogP) is 7.43. The molecule has 0 saturated carbocycles. The maximum absolute atomic E-state index is 13.7. The van der Waals surface area contributed by atoms with E-state index < -0.39 is 20.6 Å². The summed E-state index contributed by atoms with van der Waals surface area (Å²) in [5, 5.41) is 0.338. The van der Waals surface area contributed by atoms with Crippen molar-refractivity contribution in [1.82, 2.24) is 0 Å². The molecule has 46 heavy (non-hydrogen) atoms. The van der Waals surface area contributed by atoms with Crippen LogP contribution in [0.4, 0.5) is 0 Å². The second-order valence-corrected chi connectivity index (χ2v) is 18.0. The number of fused-ring (bicyclic) bond motifs is 4. The van der Waals surface area contributed by atoms with E-state index in [0.29, 0.717) is 11.5 Å². The molecule has 10 heteroatoms. The van der Waals surface area contributed by atoms with Crippen LogP contribution in [0.2, 0.25) is 0 Å². The molecular formula is C36H46O8P2. The second kappa shape index (κ2) is 11.1. The van der Waals surface area contributed by atoms with Gasteiger partial charge in [0.05, 0.1) is 13.2 Å². The molecule has 0 fully saturated rings. The molecule has 2 unspecified atom stereocenters. The monoisotopic (exact) mass is 668 g/mol. The molecule has 0 radical (unpaired) electrons. The number of hydrogen-bond donors (Lipinski definition) is 2. The lowest BCUT2D eigenvalue weighted by Gasteiger charge is -2.31. The van der Waals surface area contributed by atoms with E-state index in [1.807, 2.05) is 45.0 Å². The minimum Gasteiger partial charge on any atom is -0.488 e. The fourth-order valence-electron chi connectivity index (χ4n) is 8.51.